The zero-order valence-corrected chi connectivity index (χ0v) is 18.6. The van der Waals surface area contributed by atoms with Crippen LogP contribution in [0.2, 0.25) is 0 Å². The number of fused-ring (bicyclic) bond motifs is 1. The highest BCUT2D eigenvalue weighted by Gasteiger charge is 2.40. The molecule has 9 heteroatoms. The number of rotatable bonds is 6. The zero-order chi connectivity index (χ0) is 25.2. The fourth-order valence-corrected chi connectivity index (χ4v) is 3.39. The molecule has 4 rings (SSSR count). The van der Waals surface area contributed by atoms with E-state index in [9.17, 15) is 22.8 Å². The van der Waals surface area contributed by atoms with Gasteiger partial charge in [0.25, 0.3) is 5.76 Å². The Kier molecular flexibility index (Phi) is 6.50. The number of ether oxygens (including phenoxy) is 3. The first kappa shape index (κ1) is 23.9. The standard InChI is InChI=1S/C26H19F3O6/c1-3-15-8-10-16(11-9-15)33-23-22(30)18-13-12-17(14-21(18)35-24(23)26(27,28)29)34-25(31)19-6-4-5-7-20(19)32-2/h4-14H,3H2,1-2H3. The van der Waals surface area contributed by atoms with Crippen molar-refractivity contribution in [2.24, 2.45) is 0 Å². The van der Waals surface area contributed by atoms with Gasteiger partial charge in [-0.15, -0.1) is 0 Å². The predicted octanol–water partition coefficient (Wildman–Crippen LogP) is 6.39. The normalized spacial score (nSPS) is 11.3. The third-order valence-corrected chi connectivity index (χ3v) is 5.17. The molecule has 0 fully saturated rings. The Bertz CT molecular complexity index is 1440. The van der Waals surface area contributed by atoms with Crippen molar-refractivity contribution in [2.75, 3.05) is 7.11 Å². The topological polar surface area (TPSA) is 75.0 Å². The number of alkyl halides is 3. The van der Waals surface area contributed by atoms with Gasteiger partial charge in [0, 0.05) is 6.07 Å². The molecular formula is C26H19F3O6. The summed E-state index contributed by atoms with van der Waals surface area (Å²) in [6.45, 7) is 1.93. The lowest BCUT2D eigenvalue weighted by Crippen LogP contribution is -2.15. The molecule has 4 aromatic rings. The van der Waals surface area contributed by atoms with Crippen LogP contribution in [-0.2, 0) is 12.6 Å². The summed E-state index contributed by atoms with van der Waals surface area (Å²) < 4.78 is 62.1. The van der Waals surface area contributed by atoms with Crippen LogP contribution in [-0.4, -0.2) is 13.1 Å². The summed E-state index contributed by atoms with van der Waals surface area (Å²) >= 11 is 0. The average Bonchev–Trinajstić information content (AvgIpc) is 2.85. The Labute approximate surface area is 197 Å². The summed E-state index contributed by atoms with van der Waals surface area (Å²) in [6, 6.07) is 16.2. The molecule has 1 heterocycles. The molecule has 3 aromatic carbocycles. The van der Waals surface area contributed by atoms with E-state index in [1.807, 2.05) is 6.92 Å². The van der Waals surface area contributed by atoms with Crippen molar-refractivity contribution < 1.29 is 36.6 Å². The van der Waals surface area contributed by atoms with Crippen molar-refractivity contribution in [3.8, 4) is 23.0 Å². The Morgan fingerprint density at radius 1 is 0.971 bits per heavy atom. The Morgan fingerprint density at radius 2 is 1.66 bits per heavy atom. The number of hydrogen-bond donors (Lipinski definition) is 0. The van der Waals surface area contributed by atoms with Crippen LogP contribution >= 0.6 is 0 Å². The monoisotopic (exact) mass is 484 g/mol. The quantitative estimate of drug-likeness (QED) is 0.233. The van der Waals surface area contributed by atoms with Gasteiger partial charge in [0.1, 0.15) is 28.4 Å². The van der Waals surface area contributed by atoms with Crippen LogP contribution in [0.3, 0.4) is 0 Å². The van der Waals surface area contributed by atoms with E-state index >= 15 is 0 Å². The predicted molar refractivity (Wildman–Crippen MR) is 121 cm³/mol. The first-order valence-corrected chi connectivity index (χ1v) is 10.5. The third-order valence-electron chi connectivity index (χ3n) is 5.17. The van der Waals surface area contributed by atoms with E-state index in [0.717, 1.165) is 18.1 Å². The Balaban J connectivity index is 1.74. The van der Waals surface area contributed by atoms with Gasteiger partial charge in [0.2, 0.25) is 11.2 Å². The lowest BCUT2D eigenvalue weighted by Gasteiger charge is -2.14. The maximum Gasteiger partial charge on any atom is 0.453 e. The van der Waals surface area contributed by atoms with E-state index < -0.39 is 34.7 Å². The number of carbonyl (C=O) groups excluding carboxylic acids is 1. The van der Waals surface area contributed by atoms with Crippen molar-refractivity contribution in [2.45, 2.75) is 19.5 Å². The van der Waals surface area contributed by atoms with Crippen LogP contribution in [0.1, 0.15) is 28.6 Å². The van der Waals surface area contributed by atoms with Crippen LogP contribution in [0.4, 0.5) is 13.2 Å². The molecule has 35 heavy (non-hydrogen) atoms. The van der Waals surface area contributed by atoms with E-state index in [1.54, 1.807) is 30.3 Å². The zero-order valence-electron chi connectivity index (χ0n) is 18.6. The van der Waals surface area contributed by atoms with E-state index in [0.29, 0.717) is 0 Å². The van der Waals surface area contributed by atoms with Gasteiger partial charge in [-0.3, -0.25) is 4.79 Å². The van der Waals surface area contributed by atoms with Gasteiger partial charge in [0.05, 0.1) is 12.5 Å². The summed E-state index contributed by atoms with van der Waals surface area (Å²) in [5.74, 6) is -3.17. The minimum atomic E-state index is -5.02. The molecule has 0 aliphatic carbocycles. The highest BCUT2D eigenvalue weighted by Crippen LogP contribution is 2.38. The maximum absolute atomic E-state index is 13.8. The maximum atomic E-state index is 13.8. The van der Waals surface area contributed by atoms with E-state index in [1.165, 1.54) is 37.4 Å². The average molecular weight is 484 g/mol. The molecule has 0 bridgehead atoms. The Morgan fingerprint density at radius 3 is 2.31 bits per heavy atom. The second-order valence-corrected chi connectivity index (χ2v) is 7.43. The van der Waals surface area contributed by atoms with Gasteiger partial charge in [-0.2, -0.15) is 13.2 Å². The summed E-state index contributed by atoms with van der Waals surface area (Å²) in [5, 5.41) is -0.171. The van der Waals surface area contributed by atoms with Crippen LogP contribution in [0.25, 0.3) is 11.0 Å². The summed E-state index contributed by atoms with van der Waals surface area (Å²) in [7, 11) is 1.38. The van der Waals surface area contributed by atoms with Crippen LogP contribution in [0.5, 0.6) is 23.0 Å². The fraction of sp³-hybridized carbons (Fsp3) is 0.154. The minimum Gasteiger partial charge on any atom is -0.496 e. The van der Waals surface area contributed by atoms with Gasteiger partial charge >= 0.3 is 12.1 Å². The number of benzene rings is 3. The van der Waals surface area contributed by atoms with E-state index in [4.69, 9.17) is 18.6 Å². The molecule has 0 saturated carbocycles. The summed E-state index contributed by atoms with van der Waals surface area (Å²) in [4.78, 5) is 25.5. The van der Waals surface area contributed by atoms with Crippen molar-refractivity contribution >= 4 is 16.9 Å². The number of hydrogen-bond acceptors (Lipinski definition) is 6. The first-order chi connectivity index (χ1) is 16.7. The number of halogens is 3. The first-order valence-electron chi connectivity index (χ1n) is 10.5. The molecule has 0 spiro atoms. The van der Waals surface area contributed by atoms with Gasteiger partial charge < -0.3 is 18.6 Å². The van der Waals surface area contributed by atoms with Gasteiger partial charge in [-0.25, -0.2) is 4.79 Å². The largest absolute Gasteiger partial charge is 0.496 e. The summed E-state index contributed by atoms with van der Waals surface area (Å²) in [5.41, 5.74) is -0.360. The highest BCUT2D eigenvalue weighted by molar-refractivity contribution is 5.94. The molecule has 0 aliphatic rings. The number of aryl methyl sites for hydroxylation is 1. The molecule has 0 atom stereocenters. The SMILES string of the molecule is CCc1ccc(Oc2c(C(F)(F)F)oc3cc(OC(=O)c4ccccc4OC)ccc3c2=O)cc1. The van der Waals surface area contributed by atoms with Crippen molar-refractivity contribution in [1.29, 1.82) is 0 Å². The van der Waals surface area contributed by atoms with E-state index in [2.05, 4.69) is 0 Å². The van der Waals surface area contributed by atoms with Crippen molar-refractivity contribution in [1.82, 2.24) is 0 Å². The number of esters is 1. The second kappa shape index (κ2) is 9.54. The lowest BCUT2D eigenvalue weighted by atomic mass is 10.1. The number of carbonyl (C=O) groups is 1. The molecular weight excluding hydrogens is 465 g/mol. The van der Waals surface area contributed by atoms with Gasteiger partial charge in [-0.05, 0) is 48.4 Å². The number of methoxy groups -OCH3 is 1. The lowest BCUT2D eigenvalue weighted by molar-refractivity contribution is -0.154. The molecule has 1 aromatic heterocycles. The van der Waals surface area contributed by atoms with Gasteiger partial charge in [0.15, 0.2) is 0 Å². The Hall–Kier alpha value is -4.27. The molecule has 0 aliphatic heterocycles. The fourth-order valence-electron chi connectivity index (χ4n) is 3.39. The third kappa shape index (κ3) is 4.98. The van der Waals surface area contributed by atoms with Gasteiger partial charge in [-0.1, -0.05) is 31.2 Å². The molecule has 0 saturated heterocycles. The molecule has 0 N–H and O–H groups in total. The van der Waals surface area contributed by atoms with Crippen LogP contribution in [0.15, 0.2) is 75.9 Å². The molecule has 0 amide bonds. The smallest absolute Gasteiger partial charge is 0.453 e. The molecule has 0 radical (unpaired) electrons. The second-order valence-electron chi connectivity index (χ2n) is 7.43. The number of para-hydroxylation sites is 1. The highest BCUT2D eigenvalue weighted by atomic mass is 19.4. The molecule has 0 unspecified atom stereocenters. The van der Waals surface area contributed by atoms with Crippen molar-refractivity contribution in [3.63, 3.8) is 0 Å². The molecule has 6 nitrogen and oxygen atoms in total. The van der Waals surface area contributed by atoms with Crippen LogP contribution in [0, 0.1) is 0 Å². The van der Waals surface area contributed by atoms with Crippen LogP contribution < -0.4 is 19.6 Å². The summed E-state index contributed by atoms with van der Waals surface area (Å²) in [6.07, 6.45) is -4.29. The molecule has 180 valence electrons. The van der Waals surface area contributed by atoms with E-state index in [-0.39, 0.29) is 28.2 Å². The van der Waals surface area contributed by atoms with Crippen molar-refractivity contribution in [3.05, 3.63) is 93.8 Å². The minimum absolute atomic E-state index is 0.0571.